The van der Waals surface area contributed by atoms with Crippen molar-refractivity contribution < 1.29 is 46.9 Å². The van der Waals surface area contributed by atoms with Crippen LogP contribution in [0.3, 0.4) is 0 Å². The highest BCUT2D eigenvalue weighted by Crippen LogP contribution is 2.38. The van der Waals surface area contributed by atoms with Crippen LogP contribution in [0.2, 0.25) is 25.8 Å². The molecule has 1 radical (unpaired) electrons. The molecule has 5 aliphatic rings. The number of ether oxygens (including phenoxy) is 4. The smallest absolute Gasteiger partial charge is 0.490 e. The van der Waals surface area contributed by atoms with Gasteiger partial charge in [0.1, 0.15) is 25.8 Å². The Morgan fingerprint density at radius 1 is 0.543 bits per heavy atom. The molecule has 0 unspecified atom stereocenters. The van der Waals surface area contributed by atoms with Gasteiger partial charge in [-0.2, -0.15) is 0 Å². The van der Waals surface area contributed by atoms with E-state index in [4.69, 9.17) is 117 Å². The molecule has 0 amide bonds. The summed E-state index contributed by atoms with van der Waals surface area (Å²) in [5.74, 6) is 3.58. The van der Waals surface area contributed by atoms with E-state index in [1.807, 2.05) is 129 Å². The molecule has 2 aliphatic carbocycles. The zero-order valence-corrected chi connectivity index (χ0v) is 61.9. The van der Waals surface area contributed by atoms with Crippen molar-refractivity contribution in [3.63, 3.8) is 0 Å². The normalized spacial score (nSPS) is 17.1. The molecule has 0 bridgehead atoms. The first-order valence-corrected chi connectivity index (χ1v) is 32.8. The highest BCUT2D eigenvalue weighted by molar-refractivity contribution is 14.1. The van der Waals surface area contributed by atoms with Crippen molar-refractivity contribution in [2.24, 2.45) is 0 Å². The maximum Gasteiger partial charge on any atom is 0.490 e. The lowest BCUT2D eigenvalue weighted by atomic mass is 9.90. The first-order chi connectivity index (χ1) is 43.1. The predicted octanol–water partition coefficient (Wildman–Crippen LogP) is 16.7. The summed E-state index contributed by atoms with van der Waals surface area (Å²) in [6.45, 7) is 38.0. The molecule has 27 heteroatoms. The number of aryl methyl sites for hydroxylation is 2. The number of nitrogen functional groups attached to an aromatic ring is 3. The third kappa shape index (κ3) is 30.3. The fourth-order valence-electron chi connectivity index (χ4n) is 7.23. The number of allylic oxidation sites excluding steroid dienone is 1. The summed E-state index contributed by atoms with van der Waals surface area (Å²) >= 11 is 30.1. The number of hydrogen-bond acceptors (Lipinski definition) is 18. The van der Waals surface area contributed by atoms with Crippen LogP contribution in [0, 0.1) is 3.57 Å². The van der Waals surface area contributed by atoms with E-state index in [-0.39, 0.29) is 47.8 Å². The molecular weight excluding hydrogens is 1390 g/mol. The number of aromatic nitrogens is 5. The van der Waals surface area contributed by atoms with Gasteiger partial charge in [-0.1, -0.05) is 76.7 Å². The number of pyridine rings is 5. The molecule has 503 valence electrons. The SMILES string of the molecule is C=COCC.CC1(C)O[B]OC1(C)C.CCO/C=C/B1OC(C)(C)C(C)(C)O1.CCO/C=C/B1OC(C)(C)C(C)(C)O1.CCO/C=C/c1cnc(Cl)cc1N.Clc1cc2c(cn1)C=CC2.Clc1cc2c(cn1)CCC2.Nc1cc(Cl)ncc1I.Nc1ccnc(Cl)c1. The molecule has 3 fully saturated rings. The van der Waals surface area contributed by atoms with E-state index in [1.165, 1.54) is 55.5 Å². The second kappa shape index (κ2) is 41.2. The number of fused-ring (bicyclic) bond motifs is 2. The van der Waals surface area contributed by atoms with Gasteiger partial charge in [-0.3, -0.25) is 0 Å². The fraction of sp³-hybridized carbons (Fsp3) is 0.462. The number of rotatable bonds is 11. The monoisotopic (exact) mass is 1480 g/mol. The minimum Gasteiger partial charge on any atom is -0.502 e. The number of nitrogens with two attached hydrogens (primary N) is 3. The van der Waals surface area contributed by atoms with E-state index in [0.29, 0.717) is 62.6 Å². The molecule has 6 N–H and O–H groups in total. The topological polar surface area (TPSA) is 235 Å². The largest absolute Gasteiger partial charge is 0.502 e. The average molecular weight is 1480 g/mol. The number of hydrogen-bond donors (Lipinski definition) is 3. The van der Waals surface area contributed by atoms with Crippen LogP contribution in [0.25, 0.3) is 12.2 Å². The molecule has 5 aromatic heterocycles. The van der Waals surface area contributed by atoms with Crippen LogP contribution >= 0.6 is 80.6 Å². The van der Waals surface area contributed by atoms with Gasteiger partial charge >= 0.3 is 21.9 Å². The average Bonchev–Trinajstić information content (AvgIpc) is 1.67. The summed E-state index contributed by atoms with van der Waals surface area (Å²) in [5.41, 5.74) is 23.0. The van der Waals surface area contributed by atoms with Gasteiger partial charge in [0, 0.05) is 53.6 Å². The van der Waals surface area contributed by atoms with Crippen LogP contribution in [-0.2, 0) is 66.1 Å². The van der Waals surface area contributed by atoms with Crippen LogP contribution in [0.4, 0.5) is 17.1 Å². The second-order valence-corrected chi connectivity index (χ2v) is 26.2. The van der Waals surface area contributed by atoms with Gasteiger partial charge in [-0.25, -0.2) is 24.9 Å². The lowest BCUT2D eigenvalue weighted by Crippen LogP contribution is -2.41. The molecule has 0 atom stereocenters. The summed E-state index contributed by atoms with van der Waals surface area (Å²) in [4.78, 5) is 19.4. The van der Waals surface area contributed by atoms with Crippen molar-refractivity contribution >= 4 is 132 Å². The Morgan fingerprint density at radius 3 is 1.39 bits per heavy atom. The van der Waals surface area contributed by atoms with E-state index in [1.54, 1.807) is 85.9 Å². The zero-order valence-electron chi connectivity index (χ0n) is 56.0. The minimum absolute atomic E-state index is 0.187. The van der Waals surface area contributed by atoms with Crippen molar-refractivity contribution in [3.8, 4) is 0 Å². The second-order valence-electron chi connectivity index (χ2n) is 23.1. The maximum absolute atomic E-state index is 5.72. The Morgan fingerprint density at radius 2 is 0.978 bits per heavy atom. The molecule has 92 heavy (non-hydrogen) atoms. The molecule has 10 rings (SSSR count). The number of anilines is 3. The number of halogens is 6. The summed E-state index contributed by atoms with van der Waals surface area (Å²) in [6.07, 6.45) is 25.3. The van der Waals surface area contributed by atoms with E-state index < -0.39 is 0 Å². The maximum atomic E-state index is 5.72. The van der Waals surface area contributed by atoms with E-state index >= 15 is 0 Å². The molecule has 8 heterocycles. The van der Waals surface area contributed by atoms with E-state index in [0.717, 1.165) is 22.2 Å². The lowest BCUT2D eigenvalue weighted by Gasteiger charge is -2.32. The molecule has 0 aromatic carbocycles. The highest BCUT2D eigenvalue weighted by Gasteiger charge is 2.51. The standard InChI is InChI=1S/2C10H19BO3.C9H11ClN2O.C8H8ClN.C8H6ClN.C6H12BO2.C5H4ClIN2.C5H5ClN2.C4H8O/c2*1-6-12-8-7-11-13-9(2,3)10(4,5)14-11;1-2-13-4-3-7-6-12-9(10)5-8(7)11;2*9-8-4-6-2-1-3-7(6)5-10-8;1-5(2)6(3,4)9-7-8-5;6-5-1-4(8)3(7)2-9-5;6-5-3-4(7)1-2-8-5;1-3-5-4-2/h2*7-8H,6H2,1-5H3;3-6H,2H2,1H3,(H2,11,12);4-5H,1-3H2;1,3-5H,2H2;1-4H3;1-2H,(H2,8,9);1-3H,(H2,7,8);3H,1,4H2,2H3/b2*8-7+;4-3+;;;;;;. The van der Waals surface area contributed by atoms with Gasteiger partial charge in [-0.05, 0) is 236 Å². The highest BCUT2D eigenvalue weighted by atomic mass is 127. The molecule has 0 saturated carbocycles. The molecule has 5 aromatic rings. The summed E-state index contributed by atoms with van der Waals surface area (Å²) in [6, 6.07) is 10.4. The summed E-state index contributed by atoms with van der Waals surface area (Å²) in [7, 11) is 0.818. The van der Waals surface area contributed by atoms with Gasteiger partial charge in [0.15, 0.2) is 0 Å². The first-order valence-electron chi connectivity index (χ1n) is 29.8. The van der Waals surface area contributed by atoms with Gasteiger partial charge in [0.05, 0.1) is 88.7 Å². The molecule has 0 spiro atoms. The van der Waals surface area contributed by atoms with Gasteiger partial charge < -0.3 is 64.1 Å². The Labute approximate surface area is 587 Å². The van der Waals surface area contributed by atoms with E-state index in [2.05, 4.69) is 71.0 Å². The molecule has 3 saturated heterocycles. The lowest BCUT2D eigenvalue weighted by molar-refractivity contribution is 0.00578. The van der Waals surface area contributed by atoms with Crippen molar-refractivity contribution in [1.82, 2.24) is 24.9 Å². The predicted molar refractivity (Wildman–Crippen MR) is 389 cm³/mol. The fourth-order valence-corrected chi connectivity index (χ4v) is 8.40. The minimum atomic E-state index is -0.299. The first kappa shape index (κ1) is 83.3. The van der Waals surface area contributed by atoms with Crippen LogP contribution in [0.5, 0.6) is 0 Å². The summed E-state index contributed by atoms with van der Waals surface area (Å²) in [5, 5.41) is 2.48. The Hall–Kier alpha value is -4.82. The van der Waals surface area contributed by atoms with Crippen molar-refractivity contribution in [1.29, 1.82) is 0 Å². The van der Waals surface area contributed by atoms with Gasteiger partial charge in [0.25, 0.3) is 0 Å². The zero-order chi connectivity index (χ0) is 69.4. The molecule has 3 aliphatic heterocycles. The molecule has 18 nitrogen and oxygen atoms in total. The molecular formula is C65H92B3Cl5IN8O10. The Kier molecular flexibility index (Phi) is 37.3. The number of nitrogens with zero attached hydrogens (tertiary/aromatic N) is 5. The van der Waals surface area contributed by atoms with E-state index in [9.17, 15) is 0 Å². The Bertz CT molecular complexity index is 3030. The van der Waals surface area contributed by atoms with Crippen molar-refractivity contribution in [3.05, 3.63) is 174 Å². The van der Waals surface area contributed by atoms with Crippen LogP contribution < -0.4 is 17.2 Å². The van der Waals surface area contributed by atoms with Gasteiger partial charge in [0.2, 0.25) is 0 Å². The quantitative estimate of drug-likeness (QED) is 0.0482. The van der Waals surface area contributed by atoms with Gasteiger partial charge in [-0.15, -0.1) is 0 Å². The Balaban J connectivity index is 0.000000356. The van der Waals surface area contributed by atoms with Crippen molar-refractivity contribution in [2.75, 3.05) is 43.6 Å². The summed E-state index contributed by atoms with van der Waals surface area (Å²) < 4.78 is 54.0. The van der Waals surface area contributed by atoms with Crippen LogP contribution in [-0.4, -0.2) is 107 Å². The third-order valence-corrected chi connectivity index (χ3v) is 16.5. The third-order valence-electron chi connectivity index (χ3n) is 14.6. The van der Waals surface area contributed by atoms with Crippen LogP contribution in [0.15, 0.2) is 117 Å². The van der Waals surface area contributed by atoms with Crippen molar-refractivity contribution in [2.45, 2.75) is 170 Å². The van der Waals surface area contributed by atoms with Crippen LogP contribution in [0.1, 0.15) is 145 Å².